The molecule has 0 aromatic carbocycles. The van der Waals surface area contributed by atoms with Gasteiger partial charge in [-0.25, -0.2) is 4.90 Å². The Morgan fingerprint density at radius 3 is 0.931 bits per heavy atom. The molecular weight excluding hydrogens is 362 g/mol. The summed E-state index contributed by atoms with van der Waals surface area (Å²) in [6, 6.07) is 0. The van der Waals surface area contributed by atoms with E-state index in [1.807, 2.05) is 0 Å². The zero-order chi connectivity index (χ0) is 21.7. The van der Waals surface area contributed by atoms with Crippen molar-refractivity contribution in [3.8, 4) is 0 Å². The first-order chi connectivity index (χ1) is 14.1. The molecule has 0 aromatic heterocycles. The zero-order valence-electron chi connectivity index (χ0n) is 19.6. The van der Waals surface area contributed by atoms with Crippen molar-refractivity contribution in [3.05, 3.63) is 0 Å². The highest BCUT2D eigenvalue weighted by Crippen LogP contribution is 2.14. The van der Waals surface area contributed by atoms with Crippen LogP contribution in [0.15, 0.2) is 0 Å². The number of nitrogens with zero attached hydrogens (tertiary/aromatic N) is 1. The number of amides is 3. The van der Waals surface area contributed by atoms with E-state index in [1.165, 1.54) is 32.1 Å². The van der Waals surface area contributed by atoms with Gasteiger partial charge in [0.1, 0.15) is 0 Å². The van der Waals surface area contributed by atoms with Gasteiger partial charge in [0.05, 0.1) is 0 Å². The van der Waals surface area contributed by atoms with Crippen molar-refractivity contribution in [1.82, 2.24) is 4.90 Å². The molecule has 0 heterocycles. The summed E-state index contributed by atoms with van der Waals surface area (Å²) < 4.78 is 0. The first-order valence-corrected chi connectivity index (χ1v) is 12.5. The lowest BCUT2D eigenvalue weighted by Gasteiger charge is -2.19. The molecule has 0 unspecified atom stereocenters. The molecule has 3 amide bonds. The van der Waals surface area contributed by atoms with Crippen molar-refractivity contribution in [2.24, 2.45) is 0 Å². The molecule has 0 radical (unpaired) electrons. The lowest BCUT2D eigenvalue weighted by molar-refractivity contribution is -0.154. The topological polar surface area (TPSA) is 54.5 Å². The maximum atomic E-state index is 12.7. The van der Waals surface area contributed by atoms with Crippen LogP contribution in [0.4, 0.5) is 0 Å². The minimum Gasteiger partial charge on any atom is -0.274 e. The average molecular weight is 410 g/mol. The number of unbranched alkanes of at least 4 members (excludes halogenated alkanes) is 13. The molecule has 29 heavy (non-hydrogen) atoms. The molecule has 0 fully saturated rings. The lowest BCUT2D eigenvalue weighted by Crippen LogP contribution is -2.41. The Morgan fingerprint density at radius 2 is 0.655 bits per heavy atom. The second kappa shape index (κ2) is 20.1. The van der Waals surface area contributed by atoms with Crippen molar-refractivity contribution < 1.29 is 14.4 Å². The molecule has 4 nitrogen and oxygen atoms in total. The summed E-state index contributed by atoms with van der Waals surface area (Å²) in [6.07, 6.45) is 17.9. The summed E-state index contributed by atoms with van der Waals surface area (Å²) in [7, 11) is 0. The fraction of sp³-hybridized carbons (Fsp3) is 0.880. The highest BCUT2D eigenvalue weighted by atomic mass is 16.2. The van der Waals surface area contributed by atoms with Crippen LogP contribution < -0.4 is 0 Å². The SMILES string of the molecule is CCCCCCCCC(=O)N(C(=O)CCCCCCC)C(=O)CCCCCCC. The maximum Gasteiger partial charge on any atom is 0.236 e. The molecule has 0 spiro atoms. The van der Waals surface area contributed by atoms with E-state index in [9.17, 15) is 14.4 Å². The van der Waals surface area contributed by atoms with Gasteiger partial charge in [-0.15, -0.1) is 0 Å². The lowest BCUT2D eigenvalue weighted by atomic mass is 10.1. The van der Waals surface area contributed by atoms with Crippen molar-refractivity contribution in [3.63, 3.8) is 0 Å². The summed E-state index contributed by atoms with van der Waals surface area (Å²) in [6.45, 7) is 6.50. The van der Waals surface area contributed by atoms with E-state index >= 15 is 0 Å². The van der Waals surface area contributed by atoms with E-state index in [-0.39, 0.29) is 17.7 Å². The van der Waals surface area contributed by atoms with E-state index in [4.69, 9.17) is 0 Å². The van der Waals surface area contributed by atoms with Gasteiger partial charge in [0, 0.05) is 19.3 Å². The molecule has 170 valence electrons. The molecule has 4 heteroatoms. The Morgan fingerprint density at radius 1 is 0.414 bits per heavy atom. The Labute approximate surface area is 180 Å². The van der Waals surface area contributed by atoms with Crippen LogP contribution in [0, 0.1) is 0 Å². The molecule has 0 saturated carbocycles. The summed E-state index contributed by atoms with van der Waals surface area (Å²) in [4.78, 5) is 39.0. The van der Waals surface area contributed by atoms with Gasteiger partial charge in [0.2, 0.25) is 17.7 Å². The first-order valence-electron chi connectivity index (χ1n) is 12.5. The fourth-order valence-electron chi connectivity index (χ4n) is 3.57. The third-order valence-corrected chi connectivity index (χ3v) is 5.48. The van der Waals surface area contributed by atoms with Crippen LogP contribution in [0.5, 0.6) is 0 Å². The average Bonchev–Trinajstić information content (AvgIpc) is 2.70. The minimum atomic E-state index is -0.281. The van der Waals surface area contributed by atoms with E-state index in [2.05, 4.69) is 20.8 Å². The first kappa shape index (κ1) is 27.8. The van der Waals surface area contributed by atoms with Crippen LogP contribution in [-0.2, 0) is 14.4 Å². The number of carbonyl (C=O) groups excluding carboxylic acids is 3. The summed E-state index contributed by atoms with van der Waals surface area (Å²) in [5.74, 6) is -0.843. The van der Waals surface area contributed by atoms with Crippen LogP contribution in [0.25, 0.3) is 0 Å². The quantitative estimate of drug-likeness (QED) is 0.210. The Kier molecular flexibility index (Phi) is 19.3. The molecule has 0 N–H and O–H groups in total. The number of hydrogen-bond donors (Lipinski definition) is 0. The van der Waals surface area contributed by atoms with Crippen molar-refractivity contribution >= 4 is 17.7 Å². The standard InChI is InChI=1S/C25H47NO3/c1-4-7-10-13-16-19-22-25(29)26(23(27)20-17-14-11-8-5-2)24(28)21-18-15-12-9-6-3/h4-22H2,1-3H3. The van der Waals surface area contributed by atoms with Crippen LogP contribution in [0.3, 0.4) is 0 Å². The van der Waals surface area contributed by atoms with E-state index in [0.717, 1.165) is 75.5 Å². The second-order valence-corrected chi connectivity index (χ2v) is 8.36. The Bertz CT molecular complexity index is 408. The second-order valence-electron chi connectivity index (χ2n) is 8.36. The molecule has 0 bridgehead atoms. The largest absolute Gasteiger partial charge is 0.274 e. The van der Waals surface area contributed by atoms with Gasteiger partial charge in [-0.1, -0.05) is 104 Å². The fourth-order valence-corrected chi connectivity index (χ4v) is 3.57. The molecule has 0 aliphatic rings. The molecule has 0 atom stereocenters. The normalized spacial score (nSPS) is 10.9. The van der Waals surface area contributed by atoms with Crippen LogP contribution >= 0.6 is 0 Å². The third-order valence-electron chi connectivity index (χ3n) is 5.48. The molecule has 0 rings (SSSR count). The predicted octanol–water partition coefficient (Wildman–Crippen LogP) is 7.34. The number of carbonyl (C=O) groups is 3. The predicted molar refractivity (Wildman–Crippen MR) is 122 cm³/mol. The molecule has 0 saturated heterocycles. The highest BCUT2D eigenvalue weighted by Gasteiger charge is 2.26. The number of hydrogen-bond acceptors (Lipinski definition) is 3. The molecule has 0 aromatic rings. The van der Waals surface area contributed by atoms with Crippen molar-refractivity contribution in [2.75, 3.05) is 0 Å². The van der Waals surface area contributed by atoms with Crippen LogP contribution in [0.2, 0.25) is 0 Å². The summed E-state index contributed by atoms with van der Waals surface area (Å²) in [5, 5.41) is 0. The monoisotopic (exact) mass is 409 g/mol. The van der Waals surface area contributed by atoms with Gasteiger partial charge < -0.3 is 0 Å². The van der Waals surface area contributed by atoms with E-state index in [0.29, 0.717) is 19.3 Å². The zero-order valence-corrected chi connectivity index (χ0v) is 19.6. The smallest absolute Gasteiger partial charge is 0.236 e. The minimum absolute atomic E-state index is 0.280. The van der Waals surface area contributed by atoms with Crippen molar-refractivity contribution in [1.29, 1.82) is 0 Å². The molecule has 0 aliphatic carbocycles. The van der Waals surface area contributed by atoms with Crippen molar-refractivity contribution in [2.45, 2.75) is 143 Å². The number of rotatable bonds is 19. The van der Waals surface area contributed by atoms with Gasteiger partial charge in [-0.2, -0.15) is 0 Å². The molecular formula is C25H47NO3. The van der Waals surface area contributed by atoms with Crippen LogP contribution in [-0.4, -0.2) is 22.6 Å². The van der Waals surface area contributed by atoms with Gasteiger partial charge in [0.15, 0.2) is 0 Å². The van der Waals surface area contributed by atoms with Gasteiger partial charge in [-0.3, -0.25) is 14.4 Å². The van der Waals surface area contributed by atoms with Crippen LogP contribution in [0.1, 0.15) is 143 Å². The molecule has 0 aliphatic heterocycles. The van der Waals surface area contributed by atoms with Gasteiger partial charge in [-0.05, 0) is 19.3 Å². The third kappa shape index (κ3) is 15.3. The van der Waals surface area contributed by atoms with Gasteiger partial charge in [0.25, 0.3) is 0 Å². The van der Waals surface area contributed by atoms with E-state index < -0.39 is 0 Å². The maximum absolute atomic E-state index is 12.7. The Balaban J connectivity index is 4.53. The van der Waals surface area contributed by atoms with E-state index in [1.54, 1.807) is 0 Å². The summed E-state index contributed by atoms with van der Waals surface area (Å²) in [5.41, 5.74) is 0. The number of imide groups is 3. The highest BCUT2D eigenvalue weighted by molar-refractivity contribution is 6.10. The van der Waals surface area contributed by atoms with Gasteiger partial charge >= 0.3 is 0 Å². The Hall–Kier alpha value is -1.19. The summed E-state index contributed by atoms with van der Waals surface area (Å²) >= 11 is 0.